The molecule has 0 bridgehead atoms. The smallest absolute Gasteiger partial charge is 0.193 e. The maximum absolute atomic E-state index is 5.65. The molecule has 5 heteroatoms. The van der Waals surface area contributed by atoms with Crippen LogP contribution in [0.1, 0.15) is 5.76 Å². The number of furan rings is 1. The van der Waals surface area contributed by atoms with Crippen molar-refractivity contribution in [2.24, 2.45) is 0 Å². The zero-order valence-electron chi connectivity index (χ0n) is 8.19. The third kappa shape index (κ3) is 3.11. The van der Waals surface area contributed by atoms with E-state index in [1.807, 2.05) is 23.0 Å². The fraction of sp³-hybridized carbons (Fsp3) is 0.300. The summed E-state index contributed by atoms with van der Waals surface area (Å²) in [6.07, 6.45) is 3.71. The van der Waals surface area contributed by atoms with Crippen LogP contribution in [0, 0.1) is 0 Å². The minimum Gasteiger partial charge on any atom is -0.448 e. The zero-order chi connectivity index (χ0) is 10.5. The summed E-state index contributed by atoms with van der Waals surface area (Å²) in [6, 6.07) is 5.52. The van der Waals surface area contributed by atoms with Crippen molar-refractivity contribution in [2.45, 2.75) is 13.1 Å². The number of rotatable bonds is 5. The van der Waals surface area contributed by atoms with E-state index >= 15 is 0 Å². The Morgan fingerprint density at radius 2 is 2.40 bits per heavy atom. The molecule has 2 aromatic heterocycles. The second-order valence-corrected chi connectivity index (χ2v) is 3.52. The fourth-order valence-electron chi connectivity index (χ4n) is 1.28. The molecule has 0 aliphatic rings. The molecular weight excluding hydrogens is 214 g/mol. The maximum atomic E-state index is 5.65. The van der Waals surface area contributed by atoms with Crippen molar-refractivity contribution in [2.75, 3.05) is 6.54 Å². The highest BCUT2D eigenvalue weighted by Gasteiger charge is 1.98. The number of hydrogen-bond donors (Lipinski definition) is 1. The van der Waals surface area contributed by atoms with Gasteiger partial charge in [0.15, 0.2) is 5.22 Å². The average molecular weight is 226 g/mol. The van der Waals surface area contributed by atoms with Crippen molar-refractivity contribution in [1.29, 1.82) is 0 Å². The molecule has 0 amide bonds. The van der Waals surface area contributed by atoms with Crippen molar-refractivity contribution < 1.29 is 4.42 Å². The van der Waals surface area contributed by atoms with Gasteiger partial charge in [-0.15, -0.1) is 0 Å². The fourth-order valence-corrected chi connectivity index (χ4v) is 1.45. The molecule has 0 aliphatic carbocycles. The highest BCUT2D eigenvalue weighted by atomic mass is 35.5. The Hall–Kier alpha value is -1.26. The molecule has 2 rings (SSSR count). The van der Waals surface area contributed by atoms with Gasteiger partial charge in [0.1, 0.15) is 5.76 Å². The van der Waals surface area contributed by atoms with Gasteiger partial charge >= 0.3 is 0 Å². The van der Waals surface area contributed by atoms with Crippen LogP contribution in [0.15, 0.2) is 35.0 Å². The predicted molar refractivity (Wildman–Crippen MR) is 57.7 cm³/mol. The van der Waals surface area contributed by atoms with Gasteiger partial charge in [0, 0.05) is 18.9 Å². The molecule has 0 radical (unpaired) electrons. The lowest BCUT2D eigenvalue weighted by Gasteiger charge is -2.02. The van der Waals surface area contributed by atoms with Crippen molar-refractivity contribution in [3.05, 3.63) is 41.6 Å². The van der Waals surface area contributed by atoms with Gasteiger partial charge in [-0.25, -0.2) is 0 Å². The lowest BCUT2D eigenvalue weighted by molar-refractivity contribution is 0.471. The number of nitrogens with zero attached hydrogens (tertiary/aromatic N) is 2. The molecule has 80 valence electrons. The lowest BCUT2D eigenvalue weighted by Crippen LogP contribution is -2.19. The molecule has 0 unspecified atom stereocenters. The molecule has 1 N–H and O–H groups in total. The molecule has 0 spiro atoms. The minimum absolute atomic E-state index is 0.430. The molecule has 15 heavy (non-hydrogen) atoms. The molecule has 0 atom stereocenters. The van der Waals surface area contributed by atoms with Crippen molar-refractivity contribution in [1.82, 2.24) is 15.1 Å². The van der Waals surface area contributed by atoms with Crippen LogP contribution in [0.3, 0.4) is 0 Å². The van der Waals surface area contributed by atoms with E-state index in [0.717, 1.165) is 18.8 Å². The van der Waals surface area contributed by atoms with Crippen LogP contribution in [0.4, 0.5) is 0 Å². The van der Waals surface area contributed by atoms with Crippen LogP contribution in [0.2, 0.25) is 5.22 Å². The molecule has 0 saturated carbocycles. The van der Waals surface area contributed by atoms with Gasteiger partial charge < -0.3 is 9.73 Å². The highest BCUT2D eigenvalue weighted by Crippen LogP contribution is 2.12. The van der Waals surface area contributed by atoms with Crippen molar-refractivity contribution in [3.63, 3.8) is 0 Å². The molecule has 0 saturated heterocycles. The van der Waals surface area contributed by atoms with Gasteiger partial charge in [-0.2, -0.15) is 5.10 Å². The van der Waals surface area contributed by atoms with Gasteiger partial charge in [0.25, 0.3) is 0 Å². The maximum Gasteiger partial charge on any atom is 0.193 e. The van der Waals surface area contributed by atoms with Crippen LogP contribution in [0.5, 0.6) is 0 Å². The monoisotopic (exact) mass is 225 g/mol. The van der Waals surface area contributed by atoms with Gasteiger partial charge in [-0.3, -0.25) is 4.68 Å². The van der Waals surface area contributed by atoms with Crippen molar-refractivity contribution >= 4 is 11.6 Å². The summed E-state index contributed by atoms with van der Waals surface area (Å²) in [7, 11) is 0. The first kappa shape index (κ1) is 10.3. The zero-order valence-corrected chi connectivity index (χ0v) is 8.94. The summed E-state index contributed by atoms with van der Waals surface area (Å²) >= 11 is 5.65. The normalized spacial score (nSPS) is 10.7. The van der Waals surface area contributed by atoms with Gasteiger partial charge in [-0.05, 0) is 29.8 Å². The first-order valence-electron chi connectivity index (χ1n) is 4.77. The summed E-state index contributed by atoms with van der Waals surface area (Å²) in [5, 5.41) is 7.77. The van der Waals surface area contributed by atoms with Crippen LogP contribution in [-0.2, 0) is 13.1 Å². The third-order valence-electron chi connectivity index (χ3n) is 2.00. The minimum atomic E-state index is 0.430. The quantitative estimate of drug-likeness (QED) is 0.791. The van der Waals surface area contributed by atoms with Gasteiger partial charge in [-0.1, -0.05) is 0 Å². The van der Waals surface area contributed by atoms with Crippen LogP contribution in [-0.4, -0.2) is 16.3 Å². The van der Waals surface area contributed by atoms with Crippen LogP contribution in [0.25, 0.3) is 0 Å². The van der Waals surface area contributed by atoms with E-state index in [9.17, 15) is 0 Å². The Labute approximate surface area is 92.8 Å². The van der Waals surface area contributed by atoms with Crippen LogP contribution >= 0.6 is 11.6 Å². The van der Waals surface area contributed by atoms with E-state index in [1.54, 1.807) is 12.3 Å². The Morgan fingerprint density at radius 1 is 1.47 bits per heavy atom. The number of aromatic nitrogens is 2. The van der Waals surface area contributed by atoms with E-state index in [1.165, 1.54) is 0 Å². The SMILES string of the molecule is Clc1ccc(CNCCn2cccn2)o1. The molecular formula is C10H12ClN3O. The number of nitrogens with one attached hydrogen (secondary N) is 1. The van der Waals surface area contributed by atoms with E-state index in [4.69, 9.17) is 16.0 Å². The van der Waals surface area contributed by atoms with E-state index < -0.39 is 0 Å². The number of halogens is 1. The third-order valence-corrected chi connectivity index (χ3v) is 2.21. The molecule has 0 fully saturated rings. The highest BCUT2D eigenvalue weighted by molar-refractivity contribution is 6.28. The largest absolute Gasteiger partial charge is 0.448 e. The first-order chi connectivity index (χ1) is 7.34. The Balaban J connectivity index is 1.67. The Kier molecular flexibility index (Phi) is 3.42. The molecule has 0 aliphatic heterocycles. The van der Waals surface area contributed by atoms with E-state index in [2.05, 4.69) is 10.4 Å². The van der Waals surface area contributed by atoms with Gasteiger partial charge in [0.2, 0.25) is 0 Å². The summed E-state index contributed by atoms with van der Waals surface area (Å²) < 4.78 is 7.08. The summed E-state index contributed by atoms with van der Waals surface area (Å²) in [5.41, 5.74) is 0. The lowest BCUT2D eigenvalue weighted by atomic mass is 10.4. The molecule has 2 heterocycles. The predicted octanol–water partition coefficient (Wildman–Crippen LogP) is 1.92. The second kappa shape index (κ2) is 5.00. The Morgan fingerprint density at radius 3 is 3.07 bits per heavy atom. The summed E-state index contributed by atoms with van der Waals surface area (Å²) in [4.78, 5) is 0. The van der Waals surface area contributed by atoms with E-state index in [0.29, 0.717) is 11.8 Å². The number of hydrogen-bond acceptors (Lipinski definition) is 3. The molecule has 4 nitrogen and oxygen atoms in total. The topological polar surface area (TPSA) is 43.0 Å². The standard InChI is InChI=1S/C10H12ClN3O/c11-10-3-2-9(15-10)8-12-5-7-14-6-1-4-13-14/h1-4,6,12H,5,7-8H2. The van der Waals surface area contributed by atoms with E-state index in [-0.39, 0.29) is 0 Å². The first-order valence-corrected chi connectivity index (χ1v) is 5.15. The summed E-state index contributed by atoms with van der Waals surface area (Å²) in [5.74, 6) is 0.848. The van der Waals surface area contributed by atoms with Crippen LogP contribution < -0.4 is 5.32 Å². The Bertz CT molecular complexity index is 396. The van der Waals surface area contributed by atoms with Gasteiger partial charge in [0.05, 0.1) is 13.1 Å². The second-order valence-electron chi connectivity index (χ2n) is 3.15. The summed E-state index contributed by atoms with van der Waals surface area (Å²) in [6.45, 7) is 2.38. The van der Waals surface area contributed by atoms with Crippen molar-refractivity contribution in [3.8, 4) is 0 Å². The average Bonchev–Trinajstić information content (AvgIpc) is 2.84. The molecule has 2 aromatic rings. The molecule has 0 aromatic carbocycles.